The van der Waals surface area contributed by atoms with Gasteiger partial charge in [0.2, 0.25) is 11.8 Å². The molecule has 1 aliphatic heterocycles. The molecule has 31 heavy (non-hydrogen) atoms. The first kappa shape index (κ1) is 19.1. The van der Waals surface area contributed by atoms with E-state index in [9.17, 15) is 14.0 Å². The van der Waals surface area contributed by atoms with Gasteiger partial charge in [-0.3, -0.25) is 9.59 Å². The van der Waals surface area contributed by atoms with Crippen molar-refractivity contribution >= 4 is 45.1 Å². The maximum absolute atomic E-state index is 13.4. The van der Waals surface area contributed by atoms with Gasteiger partial charge in [-0.15, -0.1) is 0 Å². The highest BCUT2D eigenvalue weighted by Crippen LogP contribution is 2.40. The molecule has 156 valence electrons. The summed E-state index contributed by atoms with van der Waals surface area (Å²) in [6.07, 6.45) is 0.349. The van der Waals surface area contributed by atoms with Crippen LogP contribution in [0.3, 0.4) is 0 Å². The summed E-state index contributed by atoms with van der Waals surface area (Å²) >= 11 is 0. The fourth-order valence-corrected chi connectivity index (χ4v) is 4.07. The number of methoxy groups -OCH3 is 1. The number of rotatable bonds is 4. The van der Waals surface area contributed by atoms with Crippen LogP contribution < -0.4 is 15.0 Å². The molecule has 4 aromatic rings. The molecule has 1 aromatic heterocycles. The molecule has 0 bridgehead atoms. The topological polar surface area (TPSA) is 71.8 Å². The van der Waals surface area contributed by atoms with Gasteiger partial charge in [0.15, 0.2) is 0 Å². The van der Waals surface area contributed by atoms with E-state index in [0.29, 0.717) is 35.7 Å². The monoisotopic (exact) mass is 418 g/mol. The van der Waals surface area contributed by atoms with Crippen LogP contribution >= 0.6 is 0 Å². The van der Waals surface area contributed by atoms with Gasteiger partial charge in [-0.2, -0.15) is 0 Å². The summed E-state index contributed by atoms with van der Waals surface area (Å²) in [6.45, 7) is 0.363. The van der Waals surface area contributed by atoms with Gasteiger partial charge in [-0.25, -0.2) is 4.39 Å². The van der Waals surface area contributed by atoms with Crippen LogP contribution in [0.5, 0.6) is 5.75 Å². The van der Waals surface area contributed by atoms with Crippen LogP contribution in [-0.4, -0.2) is 25.5 Å². The maximum atomic E-state index is 13.4. The summed E-state index contributed by atoms with van der Waals surface area (Å²) in [4.78, 5) is 27.3. The number of nitrogens with one attached hydrogen (secondary N) is 1. The number of carbonyl (C=O) groups excluding carboxylic acids is 2. The normalized spacial score (nSPS) is 16.3. The molecule has 6 nitrogen and oxygen atoms in total. The van der Waals surface area contributed by atoms with E-state index in [2.05, 4.69) is 5.32 Å². The zero-order valence-electron chi connectivity index (χ0n) is 16.7. The molecule has 5 rings (SSSR count). The lowest BCUT2D eigenvalue weighted by molar-refractivity contribution is -0.129. The fraction of sp³-hybridized carbons (Fsp3) is 0.167. The predicted molar refractivity (Wildman–Crippen MR) is 116 cm³/mol. The number of amides is 2. The molecular formula is C24H19FN2O4. The summed E-state index contributed by atoms with van der Waals surface area (Å²) in [5.74, 6) is -1.58. The molecular weight excluding hydrogens is 399 g/mol. The number of fused-ring (bicyclic) bond motifs is 3. The van der Waals surface area contributed by atoms with Crippen LogP contribution in [0.2, 0.25) is 0 Å². The molecule has 7 heteroatoms. The first-order chi connectivity index (χ1) is 15.0. The molecule has 2 heterocycles. The van der Waals surface area contributed by atoms with Crippen molar-refractivity contribution in [3.05, 3.63) is 66.5 Å². The lowest BCUT2D eigenvalue weighted by Gasteiger charge is -2.19. The minimum Gasteiger partial charge on any atom is -0.495 e. The van der Waals surface area contributed by atoms with E-state index >= 15 is 0 Å². The molecule has 1 N–H and O–H groups in total. The first-order valence-corrected chi connectivity index (χ1v) is 9.92. The third-order valence-electron chi connectivity index (χ3n) is 5.58. The Morgan fingerprint density at radius 2 is 1.94 bits per heavy atom. The standard InChI is InChI=1S/C24H19FN2O4/c1-30-22-12-18-16-7-2-3-8-20(16)31-21(18)13-19(22)27-10-9-17(24(27)29)23(28)26-15-6-4-5-14(25)11-15/h2-8,11-13,17H,9-10H2,1H3,(H,26,28). The van der Waals surface area contributed by atoms with E-state index in [-0.39, 0.29) is 5.91 Å². The quantitative estimate of drug-likeness (QED) is 0.487. The second-order valence-electron chi connectivity index (χ2n) is 7.45. The number of hydrogen-bond donors (Lipinski definition) is 1. The Morgan fingerprint density at radius 3 is 2.74 bits per heavy atom. The number of benzene rings is 3. The van der Waals surface area contributed by atoms with Crippen LogP contribution in [0.15, 0.2) is 65.1 Å². The average Bonchev–Trinajstić information content (AvgIpc) is 3.32. The van der Waals surface area contributed by atoms with E-state index in [0.717, 1.165) is 16.4 Å². The van der Waals surface area contributed by atoms with Gasteiger partial charge in [0.25, 0.3) is 0 Å². The highest BCUT2D eigenvalue weighted by atomic mass is 19.1. The number of hydrogen-bond acceptors (Lipinski definition) is 4. The van der Waals surface area contributed by atoms with Crippen molar-refractivity contribution < 1.29 is 23.1 Å². The summed E-state index contributed by atoms with van der Waals surface area (Å²) in [5, 5.41) is 4.48. The summed E-state index contributed by atoms with van der Waals surface area (Å²) in [7, 11) is 1.54. The predicted octanol–water partition coefficient (Wildman–Crippen LogP) is 4.73. The molecule has 0 aliphatic carbocycles. The first-order valence-electron chi connectivity index (χ1n) is 9.92. The van der Waals surface area contributed by atoms with Gasteiger partial charge >= 0.3 is 0 Å². The van der Waals surface area contributed by atoms with Crippen molar-refractivity contribution in [3.63, 3.8) is 0 Å². The molecule has 1 unspecified atom stereocenters. The number of anilines is 2. The Bertz CT molecular complexity index is 1330. The van der Waals surface area contributed by atoms with Gasteiger partial charge in [0.05, 0.1) is 12.8 Å². The number of halogens is 1. The van der Waals surface area contributed by atoms with Gasteiger partial charge < -0.3 is 19.4 Å². The van der Waals surface area contributed by atoms with Crippen molar-refractivity contribution in [1.29, 1.82) is 0 Å². The van der Waals surface area contributed by atoms with E-state index < -0.39 is 17.6 Å². The number of nitrogens with zero attached hydrogens (tertiary/aromatic N) is 1. The molecule has 3 aromatic carbocycles. The van der Waals surface area contributed by atoms with E-state index in [1.54, 1.807) is 24.1 Å². The summed E-state index contributed by atoms with van der Waals surface area (Å²) < 4.78 is 24.9. The van der Waals surface area contributed by atoms with E-state index in [4.69, 9.17) is 9.15 Å². The van der Waals surface area contributed by atoms with Crippen molar-refractivity contribution in [3.8, 4) is 5.75 Å². The van der Waals surface area contributed by atoms with E-state index in [1.807, 2.05) is 30.3 Å². The number of ether oxygens (including phenoxy) is 1. The lowest BCUT2D eigenvalue weighted by atomic mass is 10.1. The zero-order valence-corrected chi connectivity index (χ0v) is 16.7. The molecule has 1 saturated heterocycles. The van der Waals surface area contributed by atoms with Gasteiger partial charge in [0.1, 0.15) is 28.7 Å². The van der Waals surface area contributed by atoms with E-state index in [1.165, 1.54) is 18.2 Å². The zero-order chi connectivity index (χ0) is 21.5. The third kappa shape index (κ3) is 3.28. The second kappa shape index (κ2) is 7.43. The Kier molecular flexibility index (Phi) is 4.58. The van der Waals surface area contributed by atoms with Gasteiger partial charge in [0, 0.05) is 29.1 Å². The summed E-state index contributed by atoms with van der Waals surface area (Å²) in [6, 6.07) is 16.9. The van der Waals surface area contributed by atoms with Crippen LogP contribution in [0.4, 0.5) is 15.8 Å². The Morgan fingerprint density at radius 1 is 1.10 bits per heavy atom. The summed E-state index contributed by atoms with van der Waals surface area (Å²) in [5.41, 5.74) is 2.26. The van der Waals surface area contributed by atoms with Crippen LogP contribution in [0.1, 0.15) is 6.42 Å². The largest absolute Gasteiger partial charge is 0.495 e. The molecule has 1 atom stereocenters. The van der Waals surface area contributed by atoms with Crippen molar-refractivity contribution in [2.75, 3.05) is 23.9 Å². The Hall–Kier alpha value is -3.87. The minimum absolute atomic E-state index is 0.317. The molecule has 0 spiro atoms. The molecule has 1 aliphatic rings. The highest BCUT2D eigenvalue weighted by Gasteiger charge is 2.39. The average molecular weight is 418 g/mol. The smallest absolute Gasteiger partial charge is 0.239 e. The maximum Gasteiger partial charge on any atom is 0.239 e. The van der Waals surface area contributed by atoms with Crippen LogP contribution in [-0.2, 0) is 9.59 Å². The Balaban J connectivity index is 1.45. The third-order valence-corrected chi connectivity index (χ3v) is 5.58. The van der Waals surface area contributed by atoms with Gasteiger partial charge in [-0.1, -0.05) is 24.3 Å². The number of carbonyl (C=O) groups is 2. The van der Waals surface area contributed by atoms with Crippen molar-refractivity contribution in [2.45, 2.75) is 6.42 Å². The molecule has 1 fully saturated rings. The molecule has 0 radical (unpaired) electrons. The number of para-hydroxylation sites is 1. The second-order valence-corrected chi connectivity index (χ2v) is 7.45. The minimum atomic E-state index is -0.862. The number of furan rings is 1. The molecule has 2 amide bonds. The fourth-order valence-electron chi connectivity index (χ4n) is 4.07. The molecule has 0 saturated carbocycles. The lowest BCUT2D eigenvalue weighted by Crippen LogP contribution is -2.33. The van der Waals surface area contributed by atoms with Crippen molar-refractivity contribution in [2.24, 2.45) is 5.92 Å². The van der Waals surface area contributed by atoms with Crippen LogP contribution in [0, 0.1) is 11.7 Å². The SMILES string of the molecule is COc1cc2c(cc1N1CCC(C(=O)Nc3cccc(F)c3)C1=O)oc1ccccc12. The Labute approximate surface area is 177 Å². The highest BCUT2D eigenvalue weighted by molar-refractivity contribution is 6.15. The van der Waals surface area contributed by atoms with Gasteiger partial charge in [-0.05, 0) is 36.8 Å². The van der Waals surface area contributed by atoms with Crippen LogP contribution in [0.25, 0.3) is 21.9 Å². The van der Waals surface area contributed by atoms with Crippen molar-refractivity contribution in [1.82, 2.24) is 0 Å².